The van der Waals surface area contributed by atoms with E-state index in [1.165, 1.54) is 30.6 Å². The number of imide groups is 1. The number of phenols is 1. The van der Waals surface area contributed by atoms with E-state index in [2.05, 4.69) is 31.9 Å². The van der Waals surface area contributed by atoms with E-state index in [1.54, 1.807) is 23.1 Å². The van der Waals surface area contributed by atoms with Crippen LogP contribution in [0, 0.1) is 0 Å². The number of hydrogen-bond acceptors (Lipinski definition) is 4. The van der Waals surface area contributed by atoms with Gasteiger partial charge in [0.15, 0.2) is 0 Å². The third-order valence-electron chi connectivity index (χ3n) is 8.37. The first-order chi connectivity index (χ1) is 17.9. The minimum absolute atomic E-state index is 0.131. The fraction of sp³-hybridized carbons (Fsp3) is 0.448. The highest BCUT2D eigenvalue weighted by atomic mass is 79.9. The molecular formula is C29H33BrN4O3. The van der Waals surface area contributed by atoms with Gasteiger partial charge in [-0.3, -0.25) is 14.6 Å². The van der Waals surface area contributed by atoms with Crippen LogP contribution in [0.5, 0.6) is 5.75 Å². The average Bonchev–Trinajstić information content (AvgIpc) is 3.14. The molecule has 2 saturated heterocycles. The van der Waals surface area contributed by atoms with Gasteiger partial charge in [-0.15, -0.1) is 0 Å². The summed E-state index contributed by atoms with van der Waals surface area (Å²) in [7, 11) is 0. The number of nitrogens with one attached hydrogen (secondary N) is 1. The summed E-state index contributed by atoms with van der Waals surface area (Å²) >= 11 is 3.59. The van der Waals surface area contributed by atoms with Gasteiger partial charge >= 0.3 is 6.03 Å². The van der Waals surface area contributed by atoms with Crippen molar-refractivity contribution in [3.63, 3.8) is 0 Å². The molecule has 8 heteroatoms. The van der Waals surface area contributed by atoms with Crippen LogP contribution in [0.2, 0.25) is 0 Å². The number of aromatic amines is 1. The molecule has 2 aromatic carbocycles. The lowest BCUT2D eigenvalue weighted by Gasteiger charge is -2.42. The first-order valence-electron chi connectivity index (χ1n) is 13.3. The normalized spacial score (nSPS) is 24.4. The SMILES string of the molecule is C[C@@]12Cc3c([nH]c4ccc(Br)cc34)[C@@H](c3cccc(O)c3)N1C(=O)N(CCCN1CCCCCC1)C2=O. The largest absolute Gasteiger partial charge is 0.508 e. The highest BCUT2D eigenvalue weighted by Crippen LogP contribution is 2.49. The Balaban J connectivity index is 1.36. The van der Waals surface area contributed by atoms with Gasteiger partial charge in [0.05, 0.1) is 0 Å². The molecule has 0 bridgehead atoms. The molecule has 2 fully saturated rings. The van der Waals surface area contributed by atoms with Crippen LogP contribution >= 0.6 is 15.9 Å². The van der Waals surface area contributed by atoms with E-state index in [9.17, 15) is 14.7 Å². The molecule has 3 aliphatic rings. The number of carbonyl (C=O) groups is 2. The van der Waals surface area contributed by atoms with Crippen molar-refractivity contribution in [2.45, 2.75) is 57.0 Å². The minimum atomic E-state index is -1.000. The van der Waals surface area contributed by atoms with E-state index in [0.717, 1.165) is 58.3 Å². The maximum absolute atomic E-state index is 14.0. The number of phenolic OH excluding ortho intramolecular Hbond substituents is 1. The number of aromatic hydroxyl groups is 1. The highest BCUT2D eigenvalue weighted by Gasteiger charge is 2.60. The number of H-pyrrole nitrogens is 1. The third-order valence-corrected chi connectivity index (χ3v) is 8.86. The smallest absolute Gasteiger partial charge is 0.328 e. The van der Waals surface area contributed by atoms with Crippen molar-refractivity contribution < 1.29 is 14.7 Å². The Morgan fingerprint density at radius 3 is 2.59 bits per heavy atom. The molecule has 1 aromatic heterocycles. The quantitative estimate of drug-likeness (QED) is 0.397. The third kappa shape index (κ3) is 4.14. The van der Waals surface area contributed by atoms with Gasteiger partial charge in [0.1, 0.15) is 17.3 Å². The predicted molar refractivity (Wildman–Crippen MR) is 147 cm³/mol. The average molecular weight is 566 g/mol. The monoisotopic (exact) mass is 564 g/mol. The van der Waals surface area contributed by atoms with Crippen LogP contribution in [0.4, 0.5) is 4.79 Å². The standard InChI is InChI=1S/C29H33BrN4O3/c1-29-18-23-22-17-20(30)10-11-24(22)31-25(23)26(19-8-6-9-21(35)16-19)34(29)28(37)33(27(29)36)15-7-14-32-12-4-2-3-5-13-32/h6,8-11,16-17,26,31,35H,2-5,7,12-15,18H2,1H3/t26-,29+/m1/s1. The summed E-state index contributed by atoms with van der Waals surface area (Å²) in [5.74, 6) is 0.00553. The minimum Gasteiger partial charge on any atom is -0.508 e. The Morgan fingerprint density at radius 2 is 1.84 bits per heavy atom. The van der Waals surface area contributed by atoms with Crippen molar-refractivity contribution in [1.82, 2.24) is 19.7 Å². The molecule has 0 saturated carbocycles. The van der Waals surface area contributed by atoms with E-state index in [4.69, 9.17) is 0 Å². The summed E-state index contributed by atoms with van der Waals surface area (Å²) in [6.07, 6.45) is 6.24. The zero-order valence-electron chi connectivity index (χ0n) is 21.2. The zero-order valence-corrected chi connectivity index (χ0v) is 22.8. The number of urea groups is 1. The van der Waals surface area contributed by atoms with Crippen molar-refractivity contribution in [1.29, 1.82) is 0 Å². The van der Waals surface area contributed by atoms with Crippen molar-refractivity contribution in [2.24, 2.45) is 0 Å². The second-order valence-electron chi connectivity index (χ2n) is 10.9. The summed E-state index contributed by atoms with van der Waals surface area (Å²) < 4.78 is 0.965. The van der Waals surface area contributed by atoms with Gasteiger partial charge in [0, 0.05) is 34.0 Å². The summed E-state index contributed by atoms with van der Waals surface area (Å²) in [6.45, 7) is 5.43. The Morgan fingerprint density at radius 1 is 1.05 bits per heavy atom. The molecule has 6 rings (SSSR count). The molecule has 0 unspecified atom stereocenters. The van der Waals surface area contributed by atoms with Crippen LogP contribution in [-0.4, -0.2) is 68.4 Å². The number of likely N-dealkylation sites (tertiary alicyclic amines) is 1. The molecule has 4 heterocycles. The lowest BCUT2D eigenvalue weighted by molar-refractivity contribution is -0.133. The van der Waals surface area contributed by atoms with Gasteiger partial charge in [0.2, 0.25) is 0 Å². The highest BCUT2D eigenvalue weighted by molar-refractivity contribution is 9.10. The molecule has 3 amide bonds. The molecule has 0 aliphatic carbocycles. The lowest BCUT2D eigenvalue weighted by atomic mass is 9.81. The van der Waals surface area contributed by atoms with Crippen molar-refractivity contribution in [2.75, 3.05) is 26.2 Å². The maximum Gasteiger partial charge on any atom is 0.328 e. The molecule has 37 heavy (non-hydrogen) atoms. The molecule has 0 spiro atoms. The zero-order chi connectivity index (χ0) is 25.7. The molecule has 3 aromatic rings. The van der Waals surface area contributed by atoms with Crippen LogP contribution in [0.1, 0.15) is 61.9 Å². The maximum atomic E-state index is 14.0. The number of carbonyl (C=O) groups excluding carboxylic acids is 2. The second-order valence-corrected chi connectivity index (χ2v) is 11.8. The molecule has 194 valence electrons. The van der Waals surface area contributed by atoms with E-state index >= 15 is 0 Å². The number of halogens is 1. The van der Waals surface area contributed by atoms with Crippen LogP contribution < -0.4 is 0 Å². The number of hydrogen-bond donors (Lipinski definition) is 2. The lowest BCUT2D eigenvalue weighted by Crippen LogP contribution is -2.53. The molecule has 0 radical (unpaired) electrons. The van der Waals surface area contributed by atoms with Gasteiger partial charge in [-0.25, -0.2) is 4.79 Å². The number of aromatic nitrogens is 1. The summed E-state index contributed by atoms with van der Waals surface area (Å²) in [4.78, 5) is 37.2. The van der Waals surface area contributed by atoms with Gasteiger partial charge in [-0.1, -0.05) is 40.9 Å². The van der Waals surface area contributed by atoms with E-state index in [-0.39, 0.29) is 17.7 Å². The first-order valence-corrected chi connectivity index (χ1v) is 14.1. The van der Waals surface area contributed by atoms with Crippen LogP contribution in [0.3, 0.4) is 0 Å². The fourth-order valence-electron chi connectivity index (χ4n) is 6.54. The van der Waals surface area contributed by atoms with Crippen molar-refractivity contribution in [3.8, 4) is 5.75 Å². The summed E-state index contributed by atoms with van der Waals surface area (Å²) in [6, 6.07) is 12.4. The van der Waals surface area contributed by atoms with Gasteiger partial charge < -0.3 is 15.0 Å². The fourth-order valence-corrected chi connectivity index (χ4v) is 6.90. The topological polar surface area (TPSA) is 79.9 Å². The Bertz CT molecular complexity index is 1360. The van der Waals surface area contributed by atoms with E-state index in [1.807, 2.05) is 25.1 Å². The summed E-state index contributed by atoms with van der Waals surface area (Å²) in [5.41, 5.74) is 2.71. The second kappa shape index (κ2) is 9.48. The number of benzene rings is 2. The first kappa shape index (κ1) is 24.5. The molecular weight excluding hydrogens is 532 g/mol. The number of rotatable bonds is 5. The predicted octanol–water partition coefficient (Wildman–Crippen LogP) is 5.57. The summed E-state index contributed by atoms with van der Waals surface area (Å²) in [5, 5.41) is 11.4. The number of fused-ring (bicyclic) bond motifs is 4. The number of amides is 3. The Kier molecular flexibility index (Phi) is 6.27. The van der Waals surface area contributed by atoms with Crippen molar-refractivity contribution >= 4 is 38.8 Å². The van der Waals surface area contributed by atoms with E-state index < -0.39 is 11.6 Å². The van der Waals surface area contributed by atoms with Crippen LogP contribution in [0.25, 0.3) is 10.9 Å². The van der Waals surface area contributed by atoms with Crippen LogP contribution in [0.15, 0.2) is 46.9 Å². The van der Waals surface area contributed by atoms with Gasteiger partial charge in [-0.2, -0.15) is 0 Å². The molecule has 2 atom stereocenters. The van der Waals surface area contributed by atoms with Crippen LogP contribution in [-0.2, 0) is 11.2 Å². The van der Waals surface area contributed by atoms with Gasteiger partial charge in [0.25, 0.3) is 5.91 Å². The van der Waals surface area contributed by atoms with Crippen molar-refractivity contribution in [3.05, 3.63) is 63.8 Å². The van der Waals surface area contributed by atoms with Gasteiger partial charge in [-0.05, 0) is 87.3 Å². The Hall–Kier alpha value is -2.84. The molecule has 7 nitrogen and oxygen atoms in total. The Labute approximate surface area is 225 Å². The van der Waals surface area contributed by atoms with E-state index in [0.29, 0.717) is 13.0 Å². The molecule has 2 N–H and O–H groups in total. The number of nitrogens with zero attached hydrogens (tertiary/aromatic N) is 3. The molecule has 3 aliphatic heterocycles.